The molecule has 6 aromatic rings. The van der Waals surface area contributed by atoms with Gasteiger partial charge in [0.05, 0.1) is 32.1 Å². The van der Waals surface area contributed by atoms with Crippen LogP contribution in [0.25, 0.3) is 16.5 Å². The summed E-state index contributed by atoms with van der Waals surface area (Å²) in [4.78, 5) is 42.8. The predicted molar refractivity (Wildman–Crippen MR) is 219 cm³/mol. The number of rotatable bonds is 14. The number of phenols is 2. The highest BCUT2D eigenvalue weighted by atomic mass is 32.2. The molecule has 67 heavy (non-hydrogen) atoms. The Bertz CT molecular complexity index is 3770. The van der Waals surface area contributed by atoms with Gasteiger partial charge in [-0.2, -0.15) is 38.8 Å². The zero-order chi connectivity index (χ0) is 49.7. The van der Waals surface area contributed by atoms with E-state index in [1.165, 1.54) is 0 Å². The lowest BCUT2D eigenvalue weighted by atomic mass is 10.1. The van der Waals surface area contributed by atoms with Crippen LogP contribution >= 0.6 is 0 Å². The first-order valence-corrected chi connectivity index (χ1v) is 22.8. The van der Waals surface area contributed by atoms with Crippen molar-refractivity contribution >= 4 is 103 Å². The number of hydrogen-bond donors (Lipinski definition) is 9. The number of azo groups is 3. The number of aromatic amines is 1. The molecule has 0 fully saturated rings. The van der Waals surface area contributed by atoms with Crippen LogP contribution in [0.3, 0.4) is 0 Å². The molecular weight excluding hydrogens is 987 g/mol. The van der Waals surface area contributed by atoms with Crippen molar-refractivity contribution in [2.75, 3.05) is 0 Å². The topological polar surface area (TPSA) is 488 Å². The van der Waals surface area contributed by atoms with Crippen molar-refractivity contribution < 1.29 is 86.8 Å². The predicted octanol–water partition coefficient (Wildman–Crippen LogP) is 5.27. The number of nitrogens with one attached hydrogen (secondary N) is 1. The van der Waals surface area contributed by atoms with Crippen molar-refractivity contribution in [3.8, 4) is 17.2 Å². The zero-order valence-electron chi connectivity index (χ0n) is 32.0. The molecule has 0 amide bonds. The van der Waals surface area contributed by atoms with Crippen molar-refractivity contribution in [3.63, 3.8) is 0 Å². The van der Waals surface area contributed by atoms with Crippen LogP contribution in [0.2, 0.25) is 0 Å². The monoisotopic (exact) mass is 1010 g/mol. The summed E-state index contributed by atoms with van der Waals surface area (Å²) >= 11 is 0. The molecule has 0 aliphatic heterocycles. The molecule has 0 radical (unpaired) electrons. The Balaban J connectivity index is 1.45. The molecule has 0 unspecified atom stereocenters. The molecule has 348 valence electrons. The van der Waals surface area contributed by atoms with Gasteiger partial charge in [-0.05, 0) is 66.0 Å². The number of fused-ring (bicyclic) bond motifs is 1. The van der Waals surface area contributed by atoms with E-state index in [1.807, 2.05) is 0 Å². The third kappa shape index (κ3) is 9.89. The van der Waals surface area contributed by atoms with E-state index in [0.717, 1.165) is 42.5 Å². The number of nitrogens with zero attached hydrogens (tertiary/aromatic N) is 8. The van der Waals surface area contributed by atoms with E-state index in [4.69, 9.17) is 0 Å². The van der Waals surface area contributed by atoms with Gasteiger partial charge in [0.25, 0.3) is 51.7 Å². The first-order chi connectivity index (χ1) is 31.0. The fraction of sp³-hybridized carbons (Fsp3) is 0. The van der Waals surface area contributed by atoms with Crippen LogP contribution in [0.5, 0.6) is 11.5 Å². The maximum absolute atomic E-state index is 12.8. The molecule has 0 bridgehead atoms. The summed E-state index contributed by atoms with van der Waals surface area (Å²) in [5.74, 6) is -6.47. The lowest BCUT2D eigenvalue weighted by Gasteiger charge is -2.13. The van der Waals surface area contributed by atoms with Crippen LogP contribution in [-0.4, -0.2) is 99.0 Å². The Morgan fingerprint density at radius 1 is 0.597 bits per heavy atom. The highest BCUT2D eigenvalue weighted by molar-refractivity contribution is 7.86. The van der Waals surface area contributed by atoms with Crippen molar-refractivity contribution in [2.24, 2.45) is 30.7 Å². The second-order valence-corrected chi connectivity index (χ2v) is 18.5. The standard InChI is InChI=1S/C33H21N9O21S4/c43-29-24-13(10-23(67(61,62)63)26(30(24)44)38-36-20-8-4-16(42(50)51)12-21(20)65(55,56)57)9-22(66(58,59)60)25(29)37-35-19-7-1-14(11-18(19)32(46)47)34-39-27-28(33(48)49)41(40-31(27)45)15-2-5-17(6-3-15)64(52,53)54/h1-12,43-44H,(H,40,45)(H,46,47)(H,48,49)(H,52,53,54)(H,55,56,57)(H,58,59,60)(H,61,62,63). The number of benzene rings is 5. The van der Waals surface area contributed by atoms with E-state index in [-0.39, 0.29) is 5.69 Å². The summed E-state index contributed by atoms with van der Waals surface area (Å²) < 4.78 is 136. The molecule has 5 aromatic carbocycles. The van der Waals surface area contributed by atoms with E-state index in [2.05, 4.69) is 35.8 Å². The lowest BCUT2D eigenvalue weighted by molar-refractivity contribution is -0.385. The summed E-state index contributed by atoms with van der Waals surface area (Å²) in [5.41, 5.74) is -9.21. The summed E-state index contributed by atoms with van der Waals surface area (Å²) in [6.45, 7) is 0. The molecule has 1 aromatic heterocycles. The number of carbonyl (C=O) groups is 2. The number of non-ortho nitro benzene ring substituents is 1. The minimum absolute atomic E-state index is 0.124. The van der Waals surface area contributed by atoms with Gasteiger partial charge >= 0.3 is 11.9 Å². The highest BCUT2D eigenvalue weighted by Crippen LogP contribution is 2.50. The Morgan fingerprint density at radius 2 is 1.10 bits per heavy atom. The van der Waals surface area contributed by atoms with E-state index >= 15 is 0 Å². The number of carboxylic acid groups (broad SMARTS) is 2. The maximum atomic E-state index is 12.8. The SMILES string of the molecule is O=C(O)c1cc(N=Nc2c(C(=O)O)n(-c3ccc(S(=O)(=O)O)cc3)[nH]c2=O)ccc1N=Nc1c(S(=O)(=O)O)cc2cc(S(=O)(=O)O)c(N=Nc3ccc([N+](=O)[O-])cc3S(=O)(=O)O)c(O)c2c1O. The number of hydrogen-bond acceptors (Lipinski definition) is 21. The van der Waals surface area contributed by atoms with Gasteiger partial charge in [0, 0.05) is 12.1 Å². The summed E-state index contributed by atoms with van der Waals surface area (Å²) in [7, 11) is -21.0. The van der Waals surface area contributed by atoms with E-state index < -0.39 is 156 Å². The van der Waals surface area contributed by atoms with Crippen LogP contribution < -0.4 is 5.56 Å². The Kier molecular flexibility index (Phi) is 12.4. The van der Waals surface area contributed by atoms with Gasteiger partial charge in [0.15, 0.2) is 22.9 Å². The molecule has 6 rings (SSSR count). The average Bonchev–Trinajstić information content (AvgIpc) is 3.56. The van der Waals surface area contributed by atoms with E-state index in [0.29, 0.717) is 35.0 Å². The second-order valence-electron chi connectivity index (χ2n) is 12.9. The summed E-state index contributed by atoms with van der Waals surface area (Å²) in [6.07, 6.45) is 0. The normalized spacial score (nSPS) is 12.7. The fourth-order valence-corrected chi connectivity index (χ4v) is 8.23. The summed E-state index contributed by atoms with van der Waals surface area (Å²) in [6, 6.07) is 8.83. The van der Waals surface area contributed by atoms with Gasteiger partial charge in [0.2, 0.25) is 0 Å². The van der Waals surface area contributed by atoms with Crippen molar-refractivity contribution in [1.82, 2.24) is 9.78 Å². The number of aromatic carboxylic acids is 2. The molecule has 0 aliphatic carbocycles. The third-order valence-electron chi connectivity index (χ3n) is 8.70. The van der Waals surface area contributed by atoms with Gasteiger partial charge in [-0.15, -0.1) is 25.6 Å². The quantitative estimate of drug-likeness (QED) is 0.0290. The molecule has 34 heteroatoms. The Morgan fingerprint density at radius 3 is 1.58 bits per heavy atom. The van der Waals surface area contributed by atoms with Gasteiger partial charge in [-0.25, -0.2) is 14.3 Å². The number of nitro groups is 1. The van der Waals surface area contributed by atoms with E-state index in [9.17, 15) is 96.8 Å². The minimum atomic E-state index is -5.53. The fourth-order valence-electron chi connectivity index (χ4n) is 5.79. The number of carboxylic acids is 2. The number of aromatic nitrogens is 2. The molecule has 30 nitrogen and oxygen atoms in total. The van der Waals surface area contributed by atoms with Gasteiger partial charge in [-0.1, -0.05) is 0 Å². The maximum Gasteiger partial charge on any atom is 0.357 e. The number of phenolic OH excluding ortho intramolecular Hbond substituents is 2. The lowest BCUT2D eigenvalue weighted by Crippen LogP contribution is -2.09. The Labute approximate surface area is 370 Å². The number of aromatic hydroxyl groups is 2. The van der Waals surface area contributed by atoms with Gasteiger partial charge in [0.1, 0.15) is 37.4 Å². The van der Waals surface area contributed by atoms with Crippen molar-refractivity contribution in [1.29, 1.82) is 0 Å². The zero-order valence-corrected chi connectivity index (χ0v) is 35.3. The first kappa shape index (κ1) is 48.2. The molecule has 9 N–H and O–H groups in total. The number of nitro benzene ring substituents is 1. The minimum Gasteiger partial charge on any atom is -0.505 e. The number of H-pyrrole nitrogens is 1. The first-order valence-electron chi connectivity index (χ1n) is 17.0. The van der Waals surface area contributed by atoms with Crippen molar-refractivity contribution in [2.45, 2.75) is 19.6 Å². The van der Waals surface area contributed by atoms with E-state index in [1.54, 1.807) is 0 Å². The third-order valence-corrected chi connectivity index (χ3v) is 12.2. The molecule has 0 spiro atoms. The molecule has 0 aliphatic rings. The van der Waals surface area contributed by atoms with Crippen LogP contribution in [0, 0.1) is 10.1 Å². The smallest absolute Gasteiger partial charge is 0.357 e. The highest BCUT2D eigenvalue weighted by Gasteiger charge is 2.30. The molecular formula is C33H21N9O21S4. The molecule has 1 heterocycles. The summed E-state index contributed by atoms with van der Waals surface area (Å²) in [5, 5.41) is 75.1. The average molecular weight is 1010 g/mol. The Hall–Kier alpha value is -8.25. The van der Waals surface area contributed by atoms with Crippen LogP contribution in [-0.2, 0) is 40.5 Å². The van der Waals surface area contributed by atoms with Crippen LogP contribution in [0.15, 0.2) is 128 Å². The van der Waals surface area contributed by atoms with Crippen molar-refractivity contribution in [3.05, 3.63) is 105 Å². The molecule has 0 saturated heterocycles. The van der Waals surface area contributed by atoms with Gasteiger partial charge in [-0.3, -0.25) is 38.2 Å². The van der Waals surface area contributed by atoms with Crippen LogP contribution in [0.1, 0.15) is 20.8 Å². The molecule has 0 saturated carbocycles. The van der Waals surface area contributed by atoms with Crippen LogP contribution in [0.4, 0.5) is 39.8 Å². The largest absolute Gasteiger partial charge is 0.505 e. The molecule has 0 atom stereocenters. The second kappa shape index (κ2) is 17.3. The van der Waals surface area contributed by atoms with Gasteiger partial charge < -0.3 is 20.4 Å².